The average Bonchev–Trinajstić information content (AvgIpc) is 2.29. The van der Waals surface area contributed by atoms with Crippen LogP contribution in [0.25, 0.3) is 0 Å². The fourth-order valence-electron chi connectivity index (χ4n) is 1.95. The van der Waals surface area contributed by atoms with Crippen LogP contribution in [-0.4, -0.2) is 23.2 Å². The first kappa shape index (κ1) is 11.8. The van der Waals surface area contributed by atoms with E-state index in [2.05, 4.69) is 29.9 Å². The Kier molecular flexibility index (Phi) is 3.77. The number of hydrogen-bond acceptors (Lipinski definition) is 3. The molecule has 0 aliphatic carbocycles. The minimum atomic E-state index is 0.368. The molecule has 1 aromatic rings. The Hall–Kier alpha value is -0.670. The first-order chi connectivity index (χ1) is 7.66. The monoisotopic (exact) mass is 240 g/mol. The van der Waals surface area contributed by atoms with Gasteiger partial charge in [-0.2, -0.15) is 0 Å². The molecular formula is C12H17ClN2O. The summed E-state index contributed by atoms with van der Waals surface area (Å²) in [7, 11) is 0. The Balaban J connectivity index is 2.25. The van der Waals surface area contributed by atoms with Gasteiger partial charge in [0.15, 0.2) is 0 Å². The molecule has 1 aromatic heterocycles. The molecule has 0 atom stereocenters. The van der Waals surface area contributed by atoms with Crippen LogP contribution >= 0.6 is 11.6 Å². The van der Waals surface area contributed by atoms with Crippen molar-refractivity contribution in [2.75, 3.05) is 13.2 Å². The summed E-state index contributed by atoms with van der Waals surface area (Å²) in [4.78, 5) is 8.59. The zero-order valence-corrected chi connectivity index (χ0v) is 10.5. The van der Waals surface area contributed by atoms with Gasteiger partial charge in [0.2, 0.25) is 5.28 Å². The Bertz CT molecular complexity index is 362. The second-order valence-corrected chi connectivity index (χ2v) is 4.87. The lowest BCUT2D eigenvalue weighted by atomic mass is 9.95. The molecular weight excluding hydrogens is 224 g/mol. The average molecular weight is 241 g/mol. The van der Waals surface area contributed by atoms with E-state index in [9.17, 15) is 0 Å². The molecule has 0 aromatic carbocycles. The van der Waals surface area contributed by atoms with Gasteiger partial charge in [-0.15, -0.1) is 0 Å². The van der Waals surface area contributed by atoms with Gasteiger partial charge in [-0.3, -0.25) is 0 Å². The zero-order valence-electron chi connectivity index (χ0n) is 9.74. The predicted octanol–water partition coefficient (Wildman–Crippen LogP) is 3.15. The van der Waals surface area contributed by atoms with Gasteiger partial charge in [0.25, 0.3) is 0 Å². The summed E-state index contributed by atoms with van der Waals surface area (Å²) in [5, 5.41) is 0.368. The Morgan fingerprint density at radius 2 is 2.00 bits per heavy atom. The molecule has 2 rings (SSSR count). The molecule has 1 fully saturated rings. The van der Waals surface area contributed by atoms with Crippen molar-refractivity contribution in [3.8, 4) is 0 Å². The van der Waals surface area contributed by atoms with Crippen molar-refractivity contribution in [1.82, 2.24) is 9.97 Å². The van der Waals surface area contributed by atoms with Gasteiger partial charge in [0.05, 0.1) is 0 Å². The van der Waals surface area contributed by atoms with Crippen molar-refractivity contribution in [2.24, 2.45) is 0 Å². The van der Waals surface area contributed by atoms with E-state index < -0.39 is 0 Å². The quantitative estimate of drug-likeness (QED) is 0.745. The molecule has 0 spiro atoms. The summed E-state index contributed by atoms with van der Waals surface area (Å²) in [5.41, 5.74) is 2.11. The largest absolute Gasteiger partial charge is 0.381 e. The van der Waals surface area contributed by atoms with Gasteiger partial charge in [0.1, 0.15) is 0 Å². The van der Waals surface area contributed by atoms with Gasteiger partial charge in [0, 0.05) is 30.5 Å². The van der Waals surface area contributed by atoms with Crippen molar-refractivity contribution in [1.29, 1.82) is 0 Å². The summed E-state index contributed by atoms with van der Waals surface area (Å²) in [6.07, 6.45) is 2.07. The van der Waals surface area contributed by atoms with E-state index in [-0.39, 0.29) is 0 Å². The molecule has 0 amide bonds. The first-order valence-corrected chi connectivity index (χ1v) is 6.16. The fraction of sp³-hybridized carbons (Fsp3) is 0.667. The summed E-state index contributed by atoms with van der Waals surface area (Å²) in [5.74, 6) is 0.867. The van der Waals surface area contributed by atoms with Crippen LogP contribution in [0.15, 0.2) is 6.07 Å². The Morgan fingerprint density at radius 1 is 1.31 bits per heavy atom. The van der Waals surface area contributed by atoms with Crippen LogP contribution in [0.5, 0.6) is 0 Å². The second-order valence-electron chi connectivity index (χ2n) is 4.53. The smallest absolute Gasteiger partial charge is 0.222 e. The third-order valence-electron chi connectivity index (χ3n) is 2.97. The highest BCUT2D eigenvalue weighted by atomic mass is 35.5. The number of nitrogens with zero attached hydrogens (tertiary/aromatic N) is 2. The summed E-state index contributed by atoms with van der Waals surface area (Å²) >= 11 is 5.96. The van der Waals surface area contributed by atoms with Crippen LogP contribution in [0.1, 0.15) is 49.9 Å². The zero-order chi connectivity index (χ0) is 11.5. The molecule has 0 saturated carbocycles. The molecule has 88 valence electrons. The van der Waals surface area contributed by atoms with Crippen molar-refractivity contribution in [2.45, 2.75) is 38.5 Å². The summed E-state index contributed by atoms with van der Waals surface area (Å²) in [6, 6.07) is 2.09. The lowest BCUT2D eigenvalue weighted by molar-refractivity contribution is 0.0844. The van der Waals surface area contributed by atoms with Crippen LogP contribution in [0.3, 0.4) is 0 Å². The minimum absolute atomic E-state index is 0.368. The number of rotatable bonds is 2. The lowest BCUT2D eigenvalue weighted by Gasteiger charge is -2.22. The second kappa shape index (κ2) is 5.11. The predicted molar refractivity (Wildman–Crippen MR) is 63.9 cm³/mol. The van der Waals surface area contributed by atoms with E-state index in [1.807, 2.05) is 0 Å². The third kappa shape index (κ3) is 2.71. The summed E-state index contributed by atoms with van der Waals surface area (Å²) in [6.45, 7) is 5.88. The molecule has 1 aliphatic rings. The molecule has 3 nitrogen and oxygen atoms in total. The molecule has 2 heterocycles. The first-order valence-electron chi connectivity index (χ1n) is 5.79. The normalized spacial score (nSPS) is 18.0. The number of ether oxygens (including phenoxy) is 1. The van der Waals surface area contributed by atoms with Crippen LogP contribution in [-0.2, 0) is 4.74 Å². The summed E-state index contributed by atoms with van der Waals surface area (Å²) < 4.78 is 5.35. The highest BCUT2D eigenvalue weighted by Crippen LogP contribution is 2.27. The molecule has 0 N–H and O–H groups in total. The van der Waals surface area contributed by atoms with Crippen molar-refractivity contribution >= 4 is 11.6 Å². The van der Waals surface area contributed by atoms with E-state index in [1.54, 1.807) is 0 Å². The minimum Gasteiger partial charge on any atom is -0.381 e. The van der Waals surface area contributed by atoms with Crippen LogP contribution in [0.4, 0.5) is 0 Å². The van der Waals surface area contributed by atoms with Gasteiger partial charge >= 0.3 is 0 Å². The van der Waals surface area contributed by atoms with E-state index in [1.165, 1.54) is 0 Å². The van der Waals surface area contributed by atoms with E-state index in [4.69, 9.17) is 16.3 Å². The molecule has 4 heteroatoms. The lowest BCUT2D eigenvalue weighted by Crippen LogP contribution is -2.16. The Morgan fingerprint density at radius 3 is 2.62 bits per heavy atom. The van der Waals surface area contributed by atoms with Gasteiger partial charge in [-0.05, 0) is 36.4 Å². The number of hydrogen-bond donors (Lipinski definition) is 0. The van der Waals surface area contributed by atoms with Gasteiger partial charge in [-0.1, -0.05) is 13.8 Å². The molecule has 1 saturated heterocycles. The highest BCUT2D eigenvalue weighted by Gasteiger charge is 2.19. The van der Waals surface area contributed by atoms with Crippen LogP contribution < -0.4 is 0 Å². The maximum atomic E-state index is 5.96. The third-order valence-corrected chi connectivity index (χ3v) is 3.14. The maximum Gasteiger partial charge on any atom is 0.222 e. The van der Waals surface area contributed by atoms with E-state index >= 15 is 0 Å². The molecule has 16 heavy (non-hydrogen) atoms. The van der Waals surface area contributed by atoms with E-state index in [0.717, 1.165) is 37.4 Å². The topological polar surface area (TPSA) is 35.0 Å². The van der Waals surface area contributed by atoms with Crippen LogP contribution in [0.2, 0.25) is 5.28 Å². The van der Waals surface area contributed by atoms with E-state index in [0.29, 0.717) is 17.1 Å². The van der Waals surface area contributed by atoms with Gasteiger partial charge < -0.3 is 4.74 Å². The number of aromatic nitrogens is 2. The highest BCUT2D eigenvalue weighted by molar-refractivity contribution is 6.28. The fourth-order valence-corrected chi connectivity index (χ4v) is 2.15. The van der Waals surface area contributed by atoms with Gasteiger partial charge in [-0.25, -0.2) is 9.97 Å². The molecule has 1 aliphatic heterocycles. The maximum absolute atomic E-state index is 5.96. The SMILES string of the molecule is CC(C)c1cc(C2CCOCC2)nc(Cl)n1. The molecule has 0 bridgehead atoms. The molecule has 0 unspecified atom stereocenters. The van der Waals surface area contributed by atoms with Crippen LogP contribution in [0, 0.1) is 0 Å². The van der Waals surface area contributed by atoms with Crippen molar-refractivity contribution in [3.63, 3.8) is 0 Å². The molecule has 0 radical (unpaired) electrons. The van der Waals surface area contributed by atoms with Crippen molar-refractivity contribution < 1.29 is 4.74 Å². The standard InChI is InChI=1S/C12H17ClN2O/c1-8(2)10-7-11(15-12(13)14-10)9-3-5-16-6-4-9/h7-9H,3-6H2,1-2H3. The van der Waals surface area contributed by atoms with Crippen molar-refractivity contribution in [3.05, 3.63) is 22.7 Å². The Labute approximate surface area is 101 Å². The number of halogens is 1.